The average molecular weight is 436 g/mol. The van der Waals surface area contributed by atoms with Crippen LogP contribution in [0.3, 0.4) is 0 Å². The Morgan fingerprint density at radius 3 is 2.31 bits per heavy atom. The van der Waals surface area contributed by atoms with Crippen LogP contribution in [0, 0.1) is 17.2 Å². The monoisotopic (exact) mass is 436 g/mol. The van der Waals surface area contributed by atoms with Crippen LogP contribution in [0.25, 0.3) is 26.0 Å². The smallest absolute Gasteiger partial charge is 0.249 e. The summed E-state index contributed by atoms with van der Waals surface area (Å²) in [5.41, 5.74) is 2.23. The van der Waals surface area contributed by atoms with Crippen LogP contribution in [0.5, 0.6) is 0 Å². The molecule has 2 aromatic heterocycles. The number of nitrogens with zero attached hydrogens (tertiary/aromatic N) is 3. The predicted molar refractivity (Wildman–Crippen MR) is 125 cm³/mol. The van der Waals surface area contributed by atoms with Crippen LogP contribution in [-0.2, 0) is 4.79 Å². The number of thiophene rings is 1. The quantitative estimate of drug-likeness (QED) is 0.303. The molecule has 0 bridgehead atoms. The average Bonchev–Trinajstić information content (AvgIpc) is 3.38. The number of Topliss-reactive ketones (excluding diaryl/α,β-unsaturated/α-hetero) is 1. The summed E-state index contributed by atoms with van der Waals surface area (Å²) in [5.74, 6) is -2.80. The van der Waals surface area contributed by atoms with E-state index in [-0.39, 0.29) is 5.69 Å². The summed E-state index contributed by atoms with van der Waals surface area (Å²) in [6, 6.07) is 27.9. The number of carbonyl (C=O) groups is 2. The first-order valence-corrected chi connectivity index (χ1v) is 10.7. The summed E-state index contributed by atoms with van der Waals surface area (Å²) in [6.45, 7) is 0. The molecule has 1 unspecified atom stereocenters. The van der Waals surface area contributed by atoms with Gasteiger partial charge in [-0.15, -0.1) is 11.3 Å². The van der Waals surface area contributed by atoms with E-state index in [1.54, 1.807) is 28.9 Å². The van der Waals surface area contributed by atoms with Crippen LogP contribution < -0.4 is 5.32 Å². The van der Waals surface area contributed by atoms with Gasteiger partial charge in [0.05, 0.1) is 22.0 Å². The highest BCUT2D eigenvalue weighted by Gasteiger charge is 2.33. The number of ketones is 1. The maximum atomic E-state index is 13.4. The van der Waals surface area contributed by atoms with Crippen molar-refractivity contribution in [2.24, 2.45) is 5.92 Å². The van der Waals surface area contributed by atoms with Crippen molar-refractivity contribution in [3.63, 3.8) is 0 Å². The number of nitriles is 1. The molecule has 0 saturated heterocycles. The standard InChI is InChI=1S/C25H16N4O2S/c26-15-19(25(31)27-16-9-3-1-4-10-16)23(30)21-24-22(18-13-7-8-14-20(18)32-24)29(28-21)17-11-5-2-6-12-17/h1-14,19H,(H,27,31). The fourth-order valence-electron chi connectivity index (χ4n) is 3.62. The van der Waals surface area contributed by atoms with Gasteiger partial charge in [0.1, 0.15) is 5.69 Å². The normalized spacial score (nSPS) is 11.8. The minimum Gasteiger partial charge on any atom is -0.325 e. The summed E-state index contributed by atoms with van der Waals surface area (Å²) in [4.78, 5) is 26.1. The van der Waals surface area contributed by atoms with Crippen molar-refractivity contribution in [1.82, 2.24) is 9.78 Å². The number of amides is 1. The van der Waals surface area contributed by atoms with E-state index in [9.17, 15) is 14.9 Å². The predicted octanol–water partition coefficient (Wildman–Crippen LogP) is 5.20. The topological polar surface area (TPSA) is 87.8 Å². The Labute approximate surface area is 187 Å². The highest BCUT2D eigenvalue weighted by atomic mass is 32.1. The van der Waals surface area contributed by atoms with Crippen LogP contribution in [-0.4, -0.2) is 21.5 Å². The molecule has 6 nitrogen and oxygen atoms in total. The first-order chi connectivity index (χ1) is 15.7. The Kier molecular flexibility index (Phi) is 4.98. The van der Waals surface area contributed by atoms with E-state index in [2.05, 4.69) is 10.4 Å². The maximum absolute atomic E-state index is 13.4. The Balaban J connectivity index is 1.62. The molecule has 3 aromatic carbocycles. The molecule has 2 heterocycles. The second-order valence-electron chi connectivity index (χ2n) is 7.15. The van der Waals surface area contributed by atoms with Crippen molar-refractivity contribution in [1.29, 1.82) is 5.26 Å². The first kappa shape index (κ1) is 19.7. The summed E-state index contributed by atoms with van der Waals surface area (Å²) in [5, 5.41) is 17.9. The van der Waals surface area contributed by atoms with Gasteiger partial charge in [-0.25, -0.2) is 4.68 Å². The minimum absolute atomic E-state index is 0.125. The fourth-order valence-corrected chi connectivity index (χ4v) is 4.80. The van der Waals surface area contributed by atoms with E-state index in [1.165, 1.54) is 11.3 Å². The highest BCUT2D eigenvalue weighted by molar-refractivity contribution is 7.26. The fraction of sp³-hybridized carbons (Fsp3) is 0.0400. The van der Waals surface area contributed by atoms with Gasteiger partial charge in [0.15, 0.2) is 5.92 Å². The molecule has 5 aromatic rings. The summed E-state index contributed by atoms with van der Waals surface area (Å²) < 4.78 is 3.37. The van der Waals surface area contributed by atoms with E-state index in [1.807, 2.05) is 66.7 Å². The van der Waals surface area contributed by atoms with Crippen LogP contribution in [0.15, 0.2) is 84.9 Å². The molecule has 0 spiro atoms. The van der Waals surface area contributed by atoms with Gasteiger partial charge in [-0.1, -0.05) is 54.6 Å². The number of anilines is 1. The number of benzene rings is 3. The largest absolute Gasteiger partial charge is 0.325 e. The molecule has 5 rings (SSSR count). The third-order valence-electron chi connectivity index (χ3n) is 5.13. The lowest BCUT2D eigenvalue weighted by Crippen LogP contribution is -2.29. The molecule has 0 fully saturated rings. The molecule has 1 atom stereocenters. The number of hydrogen-bond acceptors (Lipinski definition) is 5. The molecule has 1 N–H and O–H groups in total. The minimum atomic E-state index is -1.51. The molecule has 1 amide bonds. The number of rotatable bonds is 5. The lowest BCUT2D eigenvalue weighted by molar-refractivity contribution is -0.117. The lowest BCUT2D eigenvalue weighted by Gasteiger charge is -2.08. The molecular formula is C25H16N4O2S. The van der Waals surface area contributed by atoms with Crippen molar-refractivity contribution >= 4 is 49.0 Å². The van der Waals surface area contributed by atoms with E-state index >= 15 is 0 Å². The van der Waals surface area contributed by atoms with E-state index in [4.69, 9.17) is 0 Å². The van der Waals surface area contributed by atoms with E-state index in [0.29, 0.717) is 10.4 Å². The van der Waals surface area contributed by atoms with Gasteiger partial charge in [-0.05, 0) is 30.3 Å². The Morgan fingerprint density at radius 2 is 1.59 bits per heavy atom. The highest BCUT2D eigenvalue weighted by Crippen LogP contribution is 2.38. The third-order valence-corrected chi connectivity index (χ3v) is 6.29. The Morgan fingerprint density at radius 1 is 0.938 bits per heavy atom. The molecular weight excluding hydrogens is 420 g/mol. The van der Waals surface area contributed by atoms with Gasteiger partial charge in [-0.3, -0.25) is 9.59 Å². The lowest BCUT2D eigenvalue weighted by atomic mass is 10.0. The summed E-state index contributed by atoms with van der Waals surface area (Å²) >= 11 is 1.43. The van der Waals surface area contributed by atoms with Crippen LogP contribution in [0.2, 0.25) is 0 Å². The van der Waals surface area contributed by atoms with Crippen molar-refractivity contribution in [2.75, 3.05) is 5.32 Å². The molecule has 0 aliphatic rings. The second kappa shape index (κ2) is 8.10. The zero-order valence-corrected chi connectivity index (χ0v) is 17.5. The van der Waals surface area contributed by atoms with E-state index < -0.39 is 17.6 Å². The molecule has 0 radical (unpaired) electrons. The molecule has 7 heteroatoms. The molecule has 0 aliphatic carbocycles. The summed E-state index contributed by atoms with van der Waals surface area (Å²) in [6.07, 6.45) is 0. The number of hydrogen-bond donors (Lipinski definition) is 1. The van der Waals surface area contributed by atoms with Crippen molar-refractivity contribution in [2.45, 2.75) is 0 Å². The maximum Gasteiger partial charge on any atom is 0.249 e. The van der Waals surface area contributed by atoms with Gasteiger partial charge in [0, 0.05) is 15.8 Å². The molecule has 32 heavy (non-hydrogen) atoms. The van der Waals surface area contributed by atoms with Gasteiger partial charge < -0.3 is 5.32 Å². The van der Waals surface area contributed by atoms with Crippen molar-refractivity contribution in [3.8, 4) is 11.8 Å². The van der Waals surface area contributed by atoms with Crippen LogP contribution >= 0.6 is 11.3 Å². The SMILES string of the molecule is N#CC(C(=O)Nc1ccccc1)C(=O)c1nn(-c2ccccc2)c2c1sc1ccccc12. The van der Waals surface area contributed by atoms with Gasteiger partial charge >= 0.3 is 0 Å². The van der Waals surface area contributed by atoms with Gasteiger partial charge in [0.25, 0.3) is 0 Å². The third kappa shape index (κ3) is 3.33. The van der Waals surface area contributed by atoms with Crippen molar-refractivity contribution < 1.29 is 9.59 Å². The zero-order valence-electron chi connectivity index (χ0n) is 16.7. The van der Waals surface area contributed by atoms with Crippen LogP contribution in [0.4, 0.5) is 5.69 Å². The number of fused-ring (bicyclic) bond motifs is 3. The Hall–Kier alpha value is -4.28. The Bertz CT molecular complexity index is 1500. The van der Waals surface area contributed by atoms with Crippen molar-refractivity contribution in [3.05, 3.63) is 90.6 Å². The van der Waals surface area contributed by atoms with E-state index in [0.717, 1.165) is 21.3 Å². The number of para-hydroxylation sites is 2. The van der Waals surface area contributed by atoms with Gasteiger partial charge in [-0.2, -0.15) is 10.4 Å². The number of aromatic nitrogens is 2. The molecule has 0 saturated carbocycles. The first-order valence-electron chi connectivity index (χ1n) is 9.93. The molecule has 0 aliphatic heterocycles. The number of carbonyl (C=O) groups excluding carboxylic acids is 2. The van der Waals surface area contributed by atoms with Crippen LogP contribution in [0.1, 0.15) is 10.5 Å². The second-order valence-corrected chi connectivity index (χ2v) is 8.21. The van der Waals surface area contributed by atoms with Gasteiger partial charge in [0.2, 0.25) is 11.7 Å². The number of nitrogens with one attached hydrogen (secondary N) is 1. The zero-order chi connectivity index (χ0) is 22.1. The molecule has 154 valence electrons. The summed E-state index contributed by atoms with van der Waals surface area (Å²) in [7, 11) is 0.